The first-order valence-corrected chi connectivity index (χ1v) is 6.52. The normalized spacial score (nSPS) is 14.0. The Balaban J connectivity index is 3.06. The third kappa shape index (κ3) is 4.45. The van der Waals surface area contributed by atoms with Crippen LogP contribution in [-0.2, 0) is 5.41 Å². The molecule has 1 aromatic rings. The first-order valence-electron chi connectivity index (χ1n) is 6.52. The molecule has 0 aromatic carbocycles. The molecule has 0 spiro atoms. The fourth-order valence-electron chi connectivity index (χ4n) is 1.58. The summed E-state index contributed by atoms with van der Waals surface area (Å²) in [6, 6.07) is 0. The summed E-state index contributed by atoms with van der Waals surface area (Å²) in [5.74, 6) is 1.32. The average Bonchev–Trinajstić information content (AvgIpc) is 2.34. The summed E-state index contributed by atoms with van der Waals surface area (Å²) in [6.07, 6.45) is -7.10. The Hall–Kier alpha value is -1.57. The minimum atomic E-state index is -4.66. The van der Waals surface area contributed by atoms with Crippen LogP contribution in [0.5, 0.6) is 0 Å². The minimum Gasteiger partial charge on any atom is -0.382 e. The van der Waals surface area contributed by atoms with E-state index in [2.05, 4.69) is 20.6 Å². The maximum atomic E-state index is 12.3. The van der Waals surface area contributed by atoms with Crippen LogP contribution in [0.15, 0.2) is 0 Å². The van der Waals surface area contributed by atoms with Crippen LogP contribution in [0.25, 0.3) is 0 Å². The number of aliphatic hydroxyl groups excluding tert-OH is 1. The van der Waals surface area contributed by atoms with Crippen LogP contribution < -0.4 is 10.6 Å². The molecule has 5 nitrogen and oxygen atoms in total. The standard InChI is InChI=1S/C13H21F3N4O/c1-7-9(17-5)19-11(12(2,3)4)20-10(7)18-6-8(21)13(14,15)16/h8,21H,6H2,1-5H3,(H2,17,18,19,20). The van der Waals surface area contributed by atoms with Gasteiger partial charge in [-0.25, -0.2) is 9.97 Å². The molecule has 0 amide bonds. The molecule has 0 saturated carbocycles. The van der Waals surface area contributed by atoms with Gasteiger partial charge in [0.15, 0.2) is 6.10 Å². The van der Waals surface area contributed by atoms with E-state index in [1.165, 1.54) is 0 Å². The Kier molecular flexibility index (Phi) is 5.03. The molecule has 0 aliphatic heterocycles. The van der Waals surface area contributed by atoms with E-state index in [-0.39, 0.29) is 11.2 Å². The van der Waals surface area contributed by atoms with E-state index in [0.29, 0.717) is 17.2 Å². The van der Waals surface area contributed by atoms with Gasteiger partial charge < -0.3 is 15.7 Å². The van der Waals surface area contributed by atoms with Crippen molar-refractivity contribution in [2.45, 2.75) is 45.4 Å². The van der Waals surface area contributed by atoms with Crippen LogP contribution in [0.3, 0.4) is 0 Å². The molecule has 0 aliphatic rings. The van der Waals surface area contributed by atoms with E-state index in [1.54, 1.807) is 14.0 Å². The van der Waals surface area contributed by atoms with Gasteiger partial charge >= 0.3 is 6.18 Å². The van der Waals surface area contributed by atoms with Crippen molar-refractivity contribution in [1.82, 2.24) is 9.97 Å². The molecular formula is C13H21F3N4O. The van der Waals surface area contributed by atoms with Crippen LogP contribution >= 0.6 is 0 Å². The Bertz CT molecular complexity index is 497. The third-order valence-electron chi connectivity index (χ3n) is 2.89. The van der Waals surface area contributed by atoms with Crippen molar-refractivity contribution in [3.05, 3.63) is 11.4 Å². The number of hydrogen-bond acceptors (Lipinski definition) is 5. The number of halogens is 3. The highest BCUT2D eigenvalue weighted by Gasteiger charge is 2.38. The van der Waals surface area contributed by atoms with Gasteiger partial charge in [-0.1, -0.05) is 20.8 Å². The average molecular weight is 306 g/mol. The molecule has 1 aromatic heterocycles. The van der Waals surface area contributed by atoms with Gasteiger partial charge in [-0.2, -0.15) is 13.2 Å². The molecule has 1 rings (SSSR count). The van der Waals surface area contributed by atoms with Crippen LogP contribution in [-0.4, -0.2) is 40.9 Å². The predicted molar refractivity (Wildman–Crippen MR) is 75.6 cm³/mol. The molecule has 1 unspecified atom stereocenters. The molecule has 0 fully saturated rings. The maximum Gasteiger partial charge on any atom is 0.416 e. The molecule has 8 heteroatoms. The van der Waals surface area contributed by atoms with Crippen LogP contribution in [0.4, 0.5) is 24.8 Å². The highest BCUT2D eigenvalue weighted by molar-refractivity contribution is 5.57. The first kappa shape index (κ1) is 17.5. The zero-order valence-electron chi connectivity index (χ0n) is 12.8. The van der Waals surface area contributed by atoms with Crippen LogP contribution in [0, 0.1) is 6.92 Å². The van der Waals surface area contributed by atoms with E-state index in [1.807, 2.05) is 20.8 Å². The van der Waals surface area contributed by atoms with Gasteiger partial charge in [-0.15, -0.1) is 0 Å². The summed E-state index contributed by atoms with van der Waals surface area (Å²) in [4.78, 5) is 8.62. The number of anilines is 2. The van der Waals surface area contributed by atoms with Gasteiger partial charge in [0.25, 0.3) is 0 Å². The lowest BCUT2D eigenvalue weighted by Crippen LogP contribution is -2.35. The Morgan fingerprint density at radius 3 is 2.10 bits per heavy atom. The summed E-state index contributed by atoms with van der Waals surface area (Å²) in [6.45, 7) is 6.76. The van der Waals surface area contributed by atoms with Crippen LogP contribution in [0.1, 0.15) is 32.2 Å². The summed E-state index contributed by atoms with van der Waals surface area (Å²) in [5.41, 5.74) is 0.248. The molecule has 0 aliphatic carbocycles. The van der Waals surface area contributed by atoms with Gasteiger partial charge in [0, 0.05) is 18.0 Å². The molecule has 1 heterocycles. The fraction of sp³-hybridized carbons (Fsp3) is 0.692. The highest BCUT2D eigenvalue weighted by Crippen LogP contribution is 2.27. The van der Waals surface area contributed by atoms with Crippen LogP contribution in [0.2, 0.25) is 0 Å². The molecule has 1 atom stereocenters. The summed E-state index contributed by atoms with van der Waals surface area (Å²) in [5, 5.41) is 14.5. The molecule has 0 bridgehead atoms. The minimum absolute atomic E-state index is 0.280. The Morgan fingerprint density at radius 1 is 1.14 bits per heavy atom. The third-order valence-corrected chi connectivity index (χ3v) is 2.89. The van der Waals surface area contributed by atoms with Crippen molar-refractivity contribution in [2.24, 2.45) is 0 Å². The first-order chi connectivity index (χ1) is 9.46. The smallest absolute Gasteiger partial charge is 0.382 e. The lowest BCUT2D eigenvalue weighted by molar-refractivity contribution is -0.198. The zero-order valence-corrected chi connectivity index (χ0v) is 12.8. The van der Waals surface area contributed by atoms with Crippen molar-refractivity contribution in [3.8, 4) is 0 Å². The van der Waals surface area contributed by atoms with Gasteiger partial charge in [0.2, 0.25) is 0 Å². The van der Waals surface area contributed by atoms with Crippen molar-refractivity contribution < 1.29 is 18.3 Å². The monoisotopic (exact) mass is 306 g/mol. The second-order valence-electron chi connectivity index (χ2n) is 5.81. The van der Waals surface area contributed by atoms with Gasteiger partial charge in [0.05, 0.1) is 6.54 Å². The summed E-state index contributed by atoms with van der Waals surface area (Å²) >= 11 is 0. The second-order valence-corrected chi connectivity index (χ2v) is 5.81. The fourth-order valence-corrected chi connectivity index (χ4v) is 1.58. The largest absolute Gasteiger partial charge is 0.416 e. The zero-order chi connectivity index (χ0) is 16.4. The number of hydrogen-bond donors (Lipinski definition) is 3. The quantitative estimate of drug-likeness (QED) is 0.797. The van der Waals surface area contributed by atoms with E-state index in [0.717, 1.165) is 0 Å². The molecule has 0 saturated heterocycles. The molecule has 120 valence electrons. The number of aromatic nitrogens is 2. The topological polar surface area (TPSA) is 70.1 Å². The van der Waals surface area contributed by atoms with Crippen molar-refractivity contribution in [2.75, 3.05) is 24.2 Å². The summed E-state index contributed by atoms with van der Waals surface area (Å²) < 4.78 is 37.0. The highest BCUT2D eigenvalue weighted by atomic mass is 19.4. The number of nitrogens with one attached hydrogen (secondary N) is 2. The van der Waals surface area contributed by atoms with Crippen molar-refractivity contribution in [3.63, 3.8) is 0 Å². The summed E-state index contributed by atoms with van der Waals surface area (Å²) in [7, 11) is 1.68. The number of alkyl halides is 3. The van der Waals surface area contributed by atoms with Gasteiger partial charge in [-0.3, -0.25) is 0 Å². The molecule has 21 heavy (non-hydrogen) atoms. The van der Waals surface area contributed by atoms with E-state index >= 15 is 0 Å². The molecule has 0 radical (unpaired) electrons. The van der Waals surface area contributed by atoms with Gasteiger partial charge in [-0.05, 0) is 6.92 Å². The van der Waals surface area contributed by atoms with E-state index in [4.69, 9.17) is 5.11 Å². The number of aliphatic hydroxyl groups is 1. The van der Waals surface area contributed by atoms with Crippen molar-refractivity contribution >= 4 is 11.6 Å². The SMILES string of the molecule is CNc1nc(C(C)(C)C)nc(NCC(O)C(F)(F)F)c1C. The van der Waals surface area contributed by atoms with E-state index < -0.39 is 18.8 Å². The number of rotatable bonds is 4. The lowest BCUT2D eigenvalue weighted by atomic mass is 9.95. The van der Waals surface area contributed by atoms with Gasteiger partial charge in [0.1, 0.15) is 17.5 Å². The lowest BCUT2D eigenvalue weighted by Gasteiger charge is -2.22. The number of nitrogens with zero attached hydrogens (tertiary/aromatic N) is 2. The Morgan fingerprint density at radius 2 is 1.67 bits per heavy atom. The van der Waals surface area contributed by atoms with Crippen molar-refractivity contribution in [1.29, 1.82) is 0 Å². The maximum absolute atomic E-state index is 12.3. The second kappa shape index (κ2) is 6.05. The predicted octanol–water partition coefficient (Wildman–Crippen LogP) is 2.46. The Labute approximate surface area is 122 Å². The molecule has 3 N–H and O–H groups in total. The van der Waals surface area contributed by atoms with E-state index in [9.17, 15) is 13.2 Å². The molecular weight excluding hydrogens is 285 g/mol.